The molecule has 8 nitrogen and oxygen atoms in total. The molecule has 1 saturated carbocycles. The van der Waals surface area contributed by atoms with Gasteiger partial charge in [-0.05, 0) is 56.8 Å². The molecule has 3 aromatic heterocycles. The molecule has 1 aliphatic heterocycles. The second-order valence-corrected chi connectivity index (χ2v) is 9.85. The molecule has 168 valence electrons. The van der Waals surface area contributed by atoms with Crippen molar-refractivity contribution in [2.75, 3.05) is 18.4 Å². The summed E-state index contributed by atoms with van der Waals surface area (Å²) >= 11 is 1.59. The van der Waals surface area contributed by atoms with Gasteiger partial charge >= 0.3 is 0 Å². The number of rotatable bonds is 6. The molecule has 9 heteroatoms. The fraction of sp³-hybridized carbons (Fsp3) is 0.522. The van der Waals surface area contributed by atoms with Crippen LogP contribution in [0, 0.1) is 0 Å². The van der Waals surface area contributed by atoms with Gasteiger partial charge in [-0.2, -0.15) is 0 Å². The van der Waals surface area contributed by atoms with Gasteiger partial charge in [0.1, 0.15) is 21.1 Å². The van der Waals surface area contributed by atoms with Crippen LogP contribution in [0.1, 0.15) is 54.9 Å². The number of nitrogens with zero attached hydrogens (tertiary/aromatic N) is 5. The summed E-state index contributed by atoms with van der Waals surface area (Å²) in [6.07, 6.45) is 7.23. The molecule has 0 bridgehead atoms. The molecule has 2 fully saturated rings. The number of pyridine rings is 1. The summed E-state index contributed by atoms with van der Waals surface area (Å²) in [4.78, 5) is 33.7. The molecule has 0 radical (unpaired) electrons. The number of aliphatic hydroxyl groups excluding tert-OH is 1. The number of carbonyl (C=O) groups excluding carboxylic acids is 1. The Bertz CT molecular complexity index is 1060. The maximum Gasteiger partial charge on any atom is 0.223 e. The quantitative estimate of drug-likeness (QED) is 0.588. The standard InChI is InChI=1S/C23H28N6O2S/c30-18-7-5-15(6-8-18)25-23-26-16(12-21-28-20-4-1-9-24-22(20)32-21)11-17(27-23)13-29-10-2-3-19(31)14-29/h1,4,9,11,15,18,30H,2-3,5-8,10,12-14H2,(H,25,26,27). The van der Waals surface area contributed by atoms with Crippen LogP contribution in [-0.4, -0.2) is 61.0 Å². The number of likely N-dealkylation sites (tertiary alicyclic amines) is 1. The van der Waals surface area contributed by atoms with Crippen molar-refractivity contribution in [3.05, 3.63) is 40.8 Å². The average Bonchev–Trinajstić information content (AvgIpc) is 3.17. The molecule has 0 amide bonds. The molecule has 4 heterocycles. The zero-order valence-electron chi connectivity index (χ0n) is 18.0. The van der Waals surface area contributed by atoms with Gasteiger partial charge in [0, 0.05) is 31.6 Å². The van der Waals surface area contributed by atoms with E-state index in [-0.39, 0.29) is 12.1 Å². The van der Waals surface area contributed by atoms with Gasteiger partial charge in [-0.15, -0.1) is 0 Å². The third-order valence-corrected chi connectivity index (χ3v) is 7.10. The summed E-state index contributed by atoms with van der Waals surface area (Å²) in [7, 11) is 0. The van der Waals surface area contributed by atoms with Gasteiger partial charge in [-0.3, -0.25) is 9.69 Å². The number of anilines is 1. The Morgan fingerprint density at radius 3 is 2.81 bits per heavy atom. The van der Waals surface area contributed by atoms with Crippen LogP contribution in [0.3, 0.4) is 0 Å². The summed E-state index contributed by atoms with van der Waals surface area (Å²) in [5, 5.41) is 14.3. The van der Waals surface area contributed by atoms with Crippen LogP contribution in [0.15, 0.2) is 24.4 Å². The Kier molecular flexibility index (Phi) is 6.38. The first kappa shape index (κ1) is 21.4. The Morgan fingerprint density at radius 2 is 2.00 bits per heavy atom. The fourth-order valence-electron chi connectivity index (χ4n) is 4.51. The zero-order chi connectivity index (χ0) is 21.9. The van der Waals surface area contributed by atoms with Crippen molar-refractivity contribution in [2.45, 2.75) is 63.6 Å². The van der Waals surface area contributed by atoms with Crippen molar-refractivity contribution in [2.24, 2.45) is 0 Å². The van der Waals surface area contributed by atoms with E-state index >= 15 is 0 Å². The number of thiazole rings is 1. The maximum absolute atomic E-state index is 11.9. The van der Waals surface area contributed by atoms with Gasteiger partial charge < -0.3 is 10.4 Å². The Labute approximate surface area is 191 Å². The largest absolute Gasteiger partial charge is 0.393 e. The van der Waals surface area contributed by atoms with Gasteiger partial charge in [0.25, 0.3) is 0 Å². The minimum absolute atomic E-state index is 0.194. The molecular formula is C23H28N6O2S. The molecule has 0 unspecified atom stereocenters. The SMILES string of the molecule is O=C1CCCN(Cc2cc(Cc3nc4cccnc4s3)nc(NC3CCC(O)CC3)n2)C1. The minimum Gasteiger partial charge on any atom is -0.393 e. The first-order chi connectivity index (χ1) is 15.6. The normalized spacial score (nSPS) is 22.3. The summed E-state index contributed by atoms with van der Waals surface area (Å²) in [6, 6.07) is 6.18. The van der Waals surface area contributed by atoms with E-state index in [1.54, 1.807) is 17.5 Å². The molecule has 1 saturated heterocycles. The maximum atomic E-state index is 11.9. The summed E-state index contributed by atoms with van der Waals surface area (Å²) < 4.78 is 0. The van der Waals surface area contributed by atoms with Crippen molar-refractivity contribution in [3.8, 4) is 0 Å². The number of aromatic nitrogens is 4. The second-order valence-electron chi connectivity index (χ2n) is 8.79. The number of nitrogens with one attached hydrogen (secondary N) is 1. The zero-order valence-corrected chi connectivity index (χ0v) is 18.9. The van der Waals surface area contributed by atoms with Crippen LogP contribution in [0.4, 0.5) is 5.95 Å². The fourth-order valence-corrected chi connectivity index (χ4v) is 5.43. The molecule has 2 aliphatic rings. The van der Waals surface area contributed by atoms with Crippen LogP contribution in [0.25, 0.3) is 10.3 Å². The molecule has 0 spiro atoms. The lowest BCUT2D eigenvalue weighted by atomic mass is 9.93. The predicted octanol–water partition coefficient (Wildman–Crippen LogP) is 2.95. The number of fused-ring (bicyclic) bond motifs is 1. The van der Waals surface area contributed by atoms with Crippen LogP contribution < -0.4 is 5.32 Å². The number of aliphatic hydroxyl groups is 1. The van der Waals surface area contributed by atoms with Crippen molar-refractivity contribution in [3.63, 3.8) is 0 Å². The van der Waals surface area contributed by atoms with Gasteiger partial charge in [-0.25, -0.2) is 19.9 Å². The first-order valence-electron chi connectivity index (χ1n) is 11.4. The van der Waals surface area contributed by atoms with Crippen LogP contribution in [0.5, 0.6) is 0 Å². The minimum atomic E-state index is -0.194. The molecule has 1 aliphatic carbocycles. The van der Waals surface area contributed by atoms with Gasteiger partial charge in [0.05, 0.1) is 24.0 Å². The van der Waals surface area contributed by atoms with Crippen molar-refractivity contribution in [1.82, 2.24) is 24.8 Å². The number of hydrogen-bond donors (Lipinski definition) is 2. The highest BCUT2D eigenvalue weighted by Crippen LogP contribution is 2.24. The second kappa shape index (κ2) is 9.56. The average molecular weight is 453 g/mol. The van der Waals surface area contributed by atoms with Crippen molar-refractivity contribution in [1.29, 1.82) is 0 Å². The third-order valence-electron chi connectivity index (χ3n) is 6.12. The number of Topliss-reactive ketones (excluding diaryl/α,β-unsaturated/α-hetero) is 1. The van der Waals surface area contributed by atoms with E-state index < -0.39 is 0 Å². The predicted molar refractivity (Wildman–Crippen MR) is 124 cm³/mol. The molecule has 0 atom stereocenters. The van der Waals surface area contributed by atoms with E-state index in [4.69, 9.17) is 15.0 Å². The van der Waals surface area contributed by atoms with E-state index in [0.717, 1.165) is 65.4 Å². The first-order valence-corrected chi connectivity index (χ1v) is 12.2. The Balaban J connectivity index is 1.38. The Morgan fingerprint density at radius 1 is 1.16 bits per heavy atom. The van der Waals surface area contributed by atoms with Gasteiger partial charge in [0.2, 0.25) is 5.95 Å². The van der Waals surface area contributed by atoms with E-state index in [9.17, 15) is 9.90 Å². The highest BCUT2D eigenvalue weighted by Gasteiger charge is 2.22. The number of piperidine rings is 1. The lowest BCUT2D eigenvalue weighted by Gasteiger charge is -2.27. The highest BCUT2D eigenvalue weighted by molar-refractivity contribution is 7.18. The molecule has 3 aromatic rings. The monoisotopic (exact) mass is 452 g/mol. The molecule has 0 aromatic carbocycles. The van der Waals surface area contributed by atoms with Crippen LogP contribution in [-0.2, 0) is 17.8 Å². The lowest BCUT2D eigenvalue weighted by molar-refractivity contribution is -0.122. The van der Waals surface area contributed by atoms with E-state index in [0.29, 0.717) is 37.7 Å². The summed E-state index contributed by atoms with van der Waals surface area (Å²) in [5.74, 6) is 0.924. The van der Waals surface area contributed by atoms with E-state index in [1.165, 1.54) is 0 Å². The number of carbonyl (C=O) groups is 1. The Hall–Kier alpha value is -2.49. The van der Waals surface area contributed by atoms with Gasteiger partial charge in [0.15, 0.2) is 0 Å². The molecule has 5 rings (SSSR count). The van der Waals surface area contributed by atoms with E-state index in [2.05, 4.69) is 15.2 Å². The lowest BCUT2D eigenvalue weighted by Crippen LogP contribution is -2.35. The molecular weight excluding hydrogens is 424 g/mol. The van der Waals surface area contributed by atoms with Crippen LogP contribution >= 0.6 is 11.3 Å². The van der Waals surface area contributed by atoms with E-state index in [1.807, 2.05) is 18.2 Å². The number of ketones is 1. The summed E-state index contributed by atoms with van der Waals surface area (Å²) in [5.41, 5.74) is 2.74. The van der Waals surface area contributed by atoms with Crippen molar-refractivity contribution < 1.29 is 9.90 Å². The third kappa shape index (κ3) is 5.28. The molecule has 2 N–H and O–H groups in total. The van der Waals surface area contributed by atoms with Crippen LogP contribution in [0.2, 0.25) is 0 Å². The van der Waals surface area contributed by atoms with Crippen molar-refractivity contribution >= 4 is 33.4 Å². The highest BCUT2D eigenvalue weighted by atomic mass is 32.1. The smallest absolute Gasteiger partial charge is 0.223 e. The number of hydrogen-bond acceptors (Lipinski definition) is 9. The van der Waals surface area contributed by atoms with Gasteiger partial charge in [-0.1, -0.05) is 11.3 Å². The topological polar surface area (TPSA) is 104 Å². The summed E-state index contributed by atoms with van der Waals surface area (Å²) in [6.45, 7) is 2.05. The molecule has 32 heavy (non-hydrogen) atoms.